The molecule has 0 heterocycles. The topological polar surface area (TPSA) is 29.1 Å². The molecule has 2 aromatic carbocycles. The second-order valence-electron chi connectivity index (χ2n) is 4.03. The third-order valence-electron chi connectivity index (χ3n) is 2.75. The van der Waals surface area contributed by atoms with Gasteiger partial charge < -0.3 is 5.32 Å². The molecule has 0 atom stereocenters. The van der Waals surface area contributed by atoms with Crippen molar-refractivity contribution in [3.05, 3.63) is 65.5 Å². The van der Waals surface area contributed by atoms with E-state index in [1.54, 1.807) is 25.2 Å². The van der Waals surface area contributed by atoms with Crippen LogP contribution in [0.15, 0.2) is 48.5 Å². The highest BCUT2D eigenvalue weighted by molar-refractivity contribution is 6.02. The van der Waals surface area contributed by atoms with Crippen LogP contribution in [-0.4, -0.2) is 12.8 Å². The number of carbonyl (C=O) groups excluding carboxylic acids is 1. The highest BCUT2D eigenvalue weighted by Gasteiger charge is 2.11. The van der Waals surface area contributed by atoms with Crippen LogP contribution in [0, 0.1) is 5.82 Å². The molecule has 0 spiro atoms. The summed E-state index contributed by atoms with van der Waals surface area (Å²) in [7, 11) is 1.77. The normalized spacial score (nSPS) is 10.1. The number of nitrogens with one attached hydrogen (secondary N) is 1. The number of hydrogen-bond donors (Lipinski definition) is 1. The number of Topliss-reactive ketones (excluding diaryl/α,β-unsaturated/α-hetero) is 1. The molecule has 0 amide bonds. The van der Waals surface area contributed by atoms with E-state index >= 15 is 0 Å². The first-order valence-electron chi connectivity index (χ1n) is 5.75. The van der Waals surface area contributed by atoms with Crippen LogP contribution in [0.1, 0.15) is 15.9 Å². The summed E-state index contributed by atoms with van der Waals surface area (Å²) in [5.41, 5.74) is 2.11. The van der Waals surface area contributed by atoms with Crippen LogP contribution in [0.2, 0.25) is 0 Å². The molecule has 0 aliphatic rings. The molecule has 92 valence electrons. The molecule has 0 fully saturated rings. The lowest BCUT2D eigenvalue weighted by Crippen LogP contribution is -2.07. The average molecular weight is 243 g/mol. The van der Waals surface area contributed by atoms with Crippen molar-refractivity contribution in [3.8, 4) is 0 Å². The quantitative estimate of drug-likeness (QED) is 0.835. The zero-order valence-corrected chi connectivity index (χ0v) is 10.1. The monoisotopic (exact) mass is 243 g/mol. The standard InChI is InChI=1S/C15H14FNO/c1-17-14-8-3-2-7-13(14)15(18)10-11-5-4-6-12(16)9-11/h2-9,17H,10H2,1H3. The second-order valence-corrected chi connectivity index (χ2v) is 4.03. The van der Waals surface area contributed by atoms with Crippen LogP contribution in [0.3, 0.4) is 0 Å². The molecule has 2 nitrogen and oxygen atoms in total. The van der Waals surface area contributed by atoms with Gasteiger partial charge in [0.1, 0.15) is 5.82 Å². The number of benzene rings is 2. The Labute approximate surface area is 105 Å². The van der Waals surface area contributed by atoms with Crippen molar-refractivity contribution in [2.24, 2.45) is 0 Å². The molecule has 1 N–H and O–H groups in total. The van der Waals surface area contributed by atoms with Crippen LogP contribution in [0.5, 0.6) is 0 Å². The lowest BCUT2D eigenvalue weighted by Gasteiger charge is -2.07. The van der Waals surface area contributed by atoms with Gasteiger partial charge >= 0.3 is 0 Å². The molecule has 2 rings (SSSR count). The van der Waals surface area contributed by atoms with Crippen molar-refractivity contribution in [1.29, 1.82) is 0 Å². The fourth-order valence-electron chi connectivity index (χ4n) is 1.87. The summed E-state index contributed by atoms with van der Waals surface area (Å²) in [5.74, 6) is -0.340. The first kappa shape index (κ1) is 12.3. The summed E-state index contributed by atoms with van der Waals surface area (Å²) in [6, 6.07) is 13.4. The minimum atomic E-state index is -0.317. The van der Waals surface area contributed by atoms with Crippen molar-refractivity contribution in [1.82, 2.24) is 0 Å². The molecule has 0 saturated heterocycles. The Morgan fingerprint density at radius 3 is 2.67 bits per heavy atom. The molecular formula is C15H14FNO. The number of carbonyl (C=O) groups is 1. The van der Waals surface area contributed by atoms with Gasteiger partial charge in [-0.15, -0.1) is 0 Å². The number of ketones is 1. The van der Waals surface area contributed by atoms with Crippen molar-refractivity contribution in [2.75, 3.05) is 12.4 Å². The highest BCUT2D eigenvalue weighted by atomic mass is 19.1. The van der Waals surface area contributed by atoms with Gasteiger partial charge in [0.15, 0.2) is 5.78 Å². The van der Waals surface area contributed by atoms with E-state index in [0.717, 1.165) is 5.69 Å². The molecule has 0 saturated carbocycles. The van der Waals surface area contributed by atoms with Gasteiger partial charge in [-0.2, -0.15) is 0 Å². The average Bonchev–Trinajstić information content (AvgIpc) is 2.38. The van der Waals surface area contributed by atoms with Crippen LogP contribution >= 0.6 is 0 Å². The van der Waals surface area contributed by atoms with Gasteiger partial charge in [0, 0.05) is 24.7 Å². The van der Waals surface area contributed by atoms with E-state index in [4.69, 9.17) is 0 Å². The summed E-state index contributed by atoms with van der Waals surface area (Å²) < 4.78 is 13.0. The molecule has 18 heavy (non-hydrogen) atoms. The fourth-order valence-corrected chi connectivity index (χ4v) is 1.87. The second kappa shape index (κ2) is 5.45. The van der Waals surface area contributed by atoms with Gasteiger partial charge in [0.2, 0.25) is 0 Å². The first-order chi connectivity index (χ1) is 8.70. The van der Waals surface area contributed by atoms with E-state index in [1.165, 1.54) is 12.1 Å². The number of rotatable bonds is 4. The fraction of sp³-hybridized carbons (Fsp3) is 0.133. The van der Waals surface area contributed by atoms with Crippen LogP contribution in [0.4, 0.5) is 10.1 Å². The molecule has 0 radical (unpaired) electrons. The Morgan fingerprint density at radius 1 is 1.17 bits per heavy atom. The van der Waals surface area contributed by atoms with E-state index in [9.17, 15) is 9.18 Å². The minimum absolute atomic E-state index is 0.0226. The zero-order chi connectivity index (χ0) is 13.0. The van der Waals surface area contributed by atoms with E-state index < -0.39 is 0 Å². The van der Waals surface area contributed by atoms with Gasteiger partial charge in [-0.3, -0.25) is 4.79 Å². The van der Waals surface area contributed by atoms with Crippen molar-refractivity contribution in [2.45, 2.75) is 6.42 Å². The van der Waals surface area contributed by atoms with Gasteiger partial charge in [0.05, 0.1) is 0 Å². The Bertz CT molecular complexity index is 566. The lowest BCUT2D eigenvalue weighted by atomic mass is 10.0. The Hall–Kier alpha value is -2.16. The molecule has 0 aromatic heterocycles. The maximum Gasteiger partial charge on any atom is 0.169 e. The maximum atomic E-state index is 13.0. The minimum Gasteiger partial charge on any atom is -0.388 e. The SMILES string of the molecule is CNc1ccccc1C(=O)Cc1cccc(F)c1. The first-order valence-corrected chi connectivity index (χ1v) is 5.75. The van der Waals surface area contributed by atoms with Gasteiger partial charge in [-0.25, -0.2) is 4.39 Å². The molecule has 2 aromatic rings. The van der Waals surface area contributed by atoms with E-state index in [0.29, 0.717) is 11.1 Å². The zero-order valence-electron chi connectivity index (χ0n) is 10.1. The third kappa shape index (κ3) is 2.74. The molecule has 0 unspecified atom stereocenters. The van der Waals surface area contributed by atoms with E-state index in [1.807, 2.05) is 18.2 Å². The van der Waals surface area contributed by atoms with Gasteiger partial charge in [0.25, 0.3) is 0 Å². The Balaban J connectivity index is 2.22. The molecule has 0 aliphatic heterocycles. The third-order valence-corrected chi connectivity index (χ3v) is 2.75. The molecule has 3 heteroatoms. The summed E-state index contributed by atoms with van der Waals surface area (Å²) in [6.07, 6.45) is 0.205. The van der Waals surface area contributed by atoms with Crippen molar-refractivity contribution < 1.29 is 9.18 Å². The van der Waals surface area contributed by atoms with Crippen LogP contribution in [0.25, 0.3) is 0 Å². The van der Waals surface area contributed by atoms with Crippen molar-refractivity contribution >= 4 is 11.5 Å². The molecular weight excluding hydrogens is 229 g/mol. The summed E-state index contributed by atoms with van der Waals surface area (Å²) >= 11 is 0. The molecule has 0 aliphatic carbocycles. The Kier molecular flexibility index (Phi) is 3.72. The summed E-state index contributed by atoms with van der Waals surface area (Å²) in [4.78, 5) is 12.1. The van der Waals surface area contributed by atoms with E-state index in [2.05, 4.69) is 5.32 Å². The molecule has 0 bridgehead atoms. The predicted octanol–water partition coefficient (Wildman–Crippen LogP) is 3.29. The smallest absolute Gasteiger partial charge is 0.169 e. The maximum absolute atomic E-state index is 13.0. The highest BCUT2D eigenvalue weighted by Crippen LogP contribution is 2.17. The van der Waals surface area contributed by atoms with Crippen LogP contribution in [-0.2, 0) is 6.42 Å². The van der Waals surface area contributed by atoms with Gasteiger partial charge in [-0.05, 0) is 29.8 Å². The number of para-hydroxylation sites is 1. The summed E-state index contributed by atoms with van der Waals surface area (Å²) in [5, 5.41) is 2.98. The van der Waals surface area contributed by atoms with E-state index in [-0.39, 0.29) is 18.0 Å². The lowest BCUT2D eigenvalue weighted by molar-refractivity contribution is 0.0993. The number of hydrogen-bond acceptors (Lipinski definition) is 2. The largest absolute Gasteiger partial charge is 0.388 e. The van der Waals surface area contributed by atoms with Crippen LogP contribution < -0.4 is 5.32 Å². The number of anilines is 1. The number of halogens is 1. The van der Waals surface area contributed by atoms with Gasteiger partial charge in [-0.1, -0.05) is 24.3 Å². The van der Waals surface area contributed by atoms with Crippen molar-refractivity contribution in [3.63, 3.8) is 0 Å². The Morgan fingerprint density at radius 2 is 1.94 bits per heavy atom. The predicted molar refractivity (Wildman–Crippen MR) is 70.4 cm³/mol. The summed E-state index contributed by atoms with van der Waals surface area (Å²) in [6.45, 7) is 0.